The first-order valence-corrected chi connectivity index (χ1v) is 10.2. The number of nitrogens with zero attached hydrogens (tertiary/aromatic N) is 1. The summed E-state index contributed by atoms with van der Waals surface area (Å²) in [4.78, 5) is 12.7. The van der Waals surface area contributed by atoms with Gasteiger partial charge in [0.2, 0.25) is 0 Å². The Hall–Kier alpha value is -2.64. The summed E-state index contributed by atoms with van der Waals surface area (Å²) in [6.45, 7) is 2.09. The lowest BCUT2D eigenvalue weighted by molar-refractivity contribution is 0.0953. The predicted molar refractivity (Wildman–Crippen MR) is 106 cm³/mol. The van der Waals surface area contributed by atoms with Crippen LogP contribution in [0.5, 0.6) is 0 Å². The first-order valence-electron chi connectivity index (χ1n) is 8.80. The molecule has 0 aliphatic carbocycles. The number of nitrogens with one attached hydrogen (secondary N) is 2. The van der Waals surface area contributed by atoms with Crippen molar-refractivity contribution in [1.29, 1.82) is 0 Å². The first-order chi connectivity index (χ1) is 13.0. The zero-order chi connectivity index (χ0) is 19.3. The van der Waals surface area contributed by atoms with Gasteiger partial charge in [0, 0.05) is 20.1 Å². The van der Waals surface area contributed by atoms with E-state index in [0.29, 0.717) is 12.2 Å². The average Bonchev–Trinajstić information content (AvgIpc) is 2.72. The fraction of sp³-hybridized carbons (Fsp3) is 0.250. The third kappa shape index (κ3) is 4.37. The molecule has 1 heterocycles. The van der Waals surface area contributed by atoms with E-state index in [1.807, 2.05) is 6.07 Å². The van der Waals surface area contributed by atoms with E-state index in [-0.39, 0.29) is 10.5 Å². The lowest BCUT2D eigenvalue weighted by Gasteiger charge is -2.21. The summed E-state index contributed by atoms with van der Waals surface area (Å²) in [5.41, 5.74) is 1.83. The van der Waals surface area contributed by atoms with Gasteiger partial charge in [-0.15, -0.1) is 0 Å². The number of rotatable bonds is 6. The van der Waals surface area contributed by atoms with E-state index in [0.717, 1.165) is 25.1 Å². The largest absolute Gasteiger partial charge is 0.348 e. The summed E-state index contributed by atoms with van der Waals surface area (Å²) >= 11 is 0. The maximum atomic E-state index is 13.1. The van der Waals surface area contributed by atoms with Crippen molar-refractivity contribution in [2.24, 2.45) is 0 Å². The summed E-state index contributed by atoms with van der Waals surface area (Å²) in [5, 5.41) is 6.06. The van der Waals surface area contributed by atoms with Crippen LogP contribution >= 0.6 is 0 Å². The summed E-state index contributed by atoms with van der Waals surface area (Å²) in [5.74, 6) is -0.393. The molecule has 2 aromatic carbocycles. The van der Waals surface area contributed by atoms with Crippen LogP contribution in [0.25, 0.3) is 0 Å². The molecular weight excluding hydrogens is 362 g/mol. The molecule has 0 bridgehead atoms. The quantitative estimate of drug-likeness (QED) is 0.747. The maximum absolute atomic E-state index is 13.1. The van der Waals surface area contributed by atoms with Gasteiger partial charge in [-0.3, -0.25) is 9.10 Å². The smallest absolute Gasteiger partial charge is 0.264 e. The van der Waals surface area contributed by atoms with Crippen LogP contribution in [-0.2, 0) is 10.0 Å². The number of hydrogen-bond acceptors (Lipinski definition) is 4. The summed E-state index contributed by atoms with van der Waals surface area (Å²) in [6.07, 6.45) is 2.92. The van der Waals surface area contributed by atoms with Crippen LogP contribution in [0.4, 0.5) is 5.69 Å². The van der Waals surface area contributed by atoms with E-state index >= 15 is 0 Å². The lowest BCUT2D eigenvalue weighted by Crippen LogP contribution is -2.32. The Kier molecular flexibility index (Phi) is 5.93. The van der Waals surface area contributed by atoms with Crippen molar-refractivity contribution in [3.8, 4) is 0 Å². The van der Waals surface area contributed by atoms with Gasteiger partial charge in [0.1, 0.15) is 4.90 Å². The maximum Gasteiger partial charge on any atom is 0.264 e. The monoisotopic (exact) mass is 385 g/mol. The Bertz CT molecular complexity index is 940. The molecule has 27 heavy (non-hydrogen) atoms. The second-order valence-electron chi connectivity index (χ2n) is 6.30. The van der Waals surface area contributed by atoms with Gasteiger partial charge in [-0.2, -0.15) is 0 Å². The number of para-hydroxylation sites is 1. The van der Waals surface area contributed by atoms with Crippen molar-refractivity contribution in [3.63, 3.8) is 0 Å². The number of amides is 1. The Morgan fingerprint density at radius 2 is 1.81 bits per heavy atom. The highest BCUT2D eigenvalue weighted by atomic mass is 32.2. The SMILES string of the molecule is CN(c1ccccc1)S(=O)(=O)c1ccccc1C(=O)NCC1=CCNCC1. The van der Waals surface area contributed by atoms with Crippen LogP contribution < -0.4 is 14.9 Å². The van der Waals surface area contributed by atoms with Gasteiger partial charge in [-0.05, 0) is 37.2 Å². The van der Waals surface area contributed by atoms with Gasteiger partial charge in [0.15, 0.2) is 0 Å². The van der Waals surface area contributed by atoms with Gasteiger partial charge < -0.3 is 10.6 Å². The summed E-state index contributed by atoms with van der Waals surface area (Å²) in [6, 6.07) is 15.1. The van der Waals surface area contributed by atoms with Crippen LogP contribution in [-0.4, -0.2) is 41.0 Å². The molecule has 0 spiro atoms. The molecule has 3 rings (SSSR count). The standard InChI is InChI=1S/C20H23N3O3S/c1-23(17-7-3-2-4-8-17)27(25,26)19-10-6-5-9-18(19)20(24)22-15-16-11-13-21-14-12-16/h2-11,21H,12-15H2,1H3,(H,22,24). The molecule has 0 saturated carbocycles. The van der Waals surface area contributed by atoms with Crippen LogP contribution in [0, 0.1) is 0 Å². The van der Waals surface area contributed by atoms with Crippen molar-refractivity contribution in [2.75, 3.05) is 31.0 Å². The molecule has 6 nitrogen and oxygen atoms in total. The van der Waals surface area contributed by atoms with Gasteiger partial charge in [-0.25, -0.2) is 8.42 Å². The molecule has 0 fully saturated rings. The molecule has 2 aromatic rings. The third-order valence-corrected chi connectivity index (χ3v) is 6.37. The molecule has 0 atom stereocenters. The Morgan fingerprint density at radius 3 is 2.52 bits per heavy atom. The van der Waals surface area contributed by atoms with Gasteiger partial charge >= 0.3 is 0 Å². The minimum atomic E-state index is -3.86. The van der Waals surface area contributed by atoms with E-state index in [1.54, 1.807) is 36.4 Å². The molecular formula is C20H23N3O3S. The number of sulfonamides is 1. The Morgan fingerprint density at radius 1 is 1.11 bits per heavy atom. The zero-order valence-electron chi connectivity index (χ0n) is 15.2. The van der Waals surface area contributed by atoms with Crippen LogP contribution in [0.15, 0.2) is 71.1 Å². The van der Waals surface area contributed by atoms with E-state index in [9.17, 15) is 13.2 Å². The van der Waals surface area contributed by atoms with E-state index in [2.05, 4.69) is 16.7 Å². The number of carbonyl (C=O) groups is 1. The zero-order valence-corrected chi connectivity index (χ0v) is 16.0. The Labute approximate surface area is 159 Å². The third-order valence-electron chi connectivity index (χ3n) is 4.52. The molecule has 1 aliphatic heterocycles. The van der Waals surface area contributed by atoms with Crippen LogP contribution in [0.3, 0.4) is 0 Å². The lowest BCUT2D eigenvalue weighted by atomic mass is 10.1. The minimum absolute atomic E-state index is 0.00635. The second-order valence-corrected chi connectivity index (χ2v) is 8.24. The van der Waals surface area contributed by atoms with Crippen molar-refractivity contribution < 1.29 is 13.2 Å². The first kappa shape index (κ1) is 19.1. The molecule has 1 aliphatic rings. The summed E-state index contributed by atoms with van der Waals surface area (Å²) < 4.78 is 27.4. The summed E-state index contributed by atoms with van der Waals surface area (Å²) in [7, 11) is -2.38. The molecule has 2 N–H and O–H groups in total. The van der Waals surface area contributed by atoms with E-state index in [4.69, 9.17) is 0 Å². The van der Waals surface area contributed by atoms with Crippen LogP contribution in [0.2, 0.25) is 0 Å². The van der Waals surface area contributed by atoms with Crippen molar-refractivity contribution in [3.05, 3.63) is 71.8 Å². The number of carbonyl (C=O) groups excluding carboxylic acids is 1. The molecule has 0 saturated heterocycles. The van der Waals surface area contributed by atoms with Gasteiger partial charge in [0.25, 0.3) is 15.9 Å². The van der Waals surface area contributed by atoms with Crippen molar-refractivity contribution >= 4 is 21.6 Å². The number of benzene rings is 2. The highest BCUT2D eigenvalue weighted by molar-refractivity contribution is 7.92. The minimum Gasteiger partial charge on any atom is -0.348 e. The van der Waals surface area contributed by atoms with Crippen molar-refractivity contribution in [1.82, 2.24) is 10.6 Å². The number of hydrogen-bond donors (Lipinski definition) is 2. The molecule has 0 unspecified atom stereocenters. The fourth-order valence-corrected chi connectivity index (χ4v) is 4.31. The molecule has 0 aromatic heterocycles. The second kappa shape index (κ2) is 8.37. The van der Waals surface area contributed by atoms with Gasteiger partial charge in [-0.1, -0.05) is 42.0 Å². The van der Waals surface area contributed by atoms with Gasteiger partial charge in [0.05, 0.1) is 11.3 Å². The average molecular weight is 385 g/mol. The fourth-order valence-electron chi connectivity index (χ4n) is 2.92. The van der Waals surface area contributed by atoms with Crippen molar-refractivity contribution in [2.45, 2.75) is 11.3 Å². The highest BCUT2D eigenvalue weighted by Crippen LogP contribution is 2.24. The molecule has 1 amide bonds. The topological polar surface area (TPSA) is 78.5 Å². The molecule has 7 heteroatoms. The normalized spacial score (nSPS) is 14.3. The van der Waals surface area contributed by atoms with E-state index in [1.165, 1.54) is 23.5 Å². The molecule has 142 valence electrons. The Balaban J connectivity index is 1.84. The predicted octanol–water partition coefficient (Wildman–Crippen LogP) is 2.16. The molecule has 0 radical (unpaired) electrons. The van der Waals surface area contributed by atoms with E-state index < -0.39 is 15.9 Å². The highest BCUT2D eigenvalue weighted by Gasteiger charge is 2.26. The van der Waals surface area contributed by atoms with Crippen LogP contribution in [0.1, 0.15) is 16.8 Å². The number of anilines is 1.